The maximum Gasteiger partial charge on any atom is 0.238 e. The summed E-state index contributed by atoms with van der Waals surface area (Å²) in [6, 6.07) is 7.30. The number of amides is 2. The van der Waals surface area contributed by atoms with Crippen molar-refractivity contribution in [2.24, 2.45) is 11.3 Å². The van der Waals surface area contributed by atoms with Crippen molar-refractivity contribution in [3.8, 4) is 11.5 Å². The first-order chi connectivity index (χ1) is 12.5. The molecule has 1 aliphatic carbocycles. The molecule has 1 N–H and O–H groups in total. The average Bonchev–Trinajstić information content (AvgIpc) is 3.47. The van der Waals surface area contributed by atoms with E-state index in [9.17, 15) is 9.59 Å². The van der Waals surface area contributed by atoms with E-state index in [0.29, 0.717) is 31.9 Å². The molecule has 0 bridgehead atoms. The summed E-state index contributed by atoms with van der Waals surface area (Å²) in [5.74, 6) is 2.02. The Labute approximate surface area is 154 Å². The first-order valence-electron chi connectivity index (χ1n) is 9.40. The first-order valence-corrected chi connectivity index (χ1v) is 9.40. The van der Waals surface area contributed by atoms with Gasteiger partial charge in [-0.25, -0.2) is 0 Å². The molecule has 1 saturated carbocycles. The normalized spacial score (nSPS) is 18.9. The molecule has 1 heterocycles. The Balaban J connectivity index is 1.43. The summed E-state index contributed by atoms with van der Waals surface area (Å²) in [6.07, 6.45) is 3.37. The van der Waals surface area contributed by atoms with Crippen LogP contribution in [-0.2, 0) is 9.59 Å². The van der Waals surface area contributed by atoms with Gasteiger partial charge in [-0.1, -0.05) is 6.92 Å². The number of carbonyl (C=O) groups excluding carboxylic acids is 2. The number of carbonyl (C=O) groups is 2. The van der Waals surface area contributed by atoms with E-state index in [1.165, 1.54) is 0 Å². The van der Waals surface area contributed by atoms with Crippen LogP contribution in [0.15, 0.2) is 24.3 Å². The van der Waals surface area contributed by atoms with Crippen molar-refractivity contribution < 1.29 is 19.1 Å². The molecule has 26 heavy (non-hydrogen) atoms. The number of likely N-dealkylation sites (tertiary alicyclic amines) is 1. The second-order valence-electron chi connectivity index (χ2n) is 7.34. The van der Waals surface area contributed by atoms with Crippen molar-refractivity contribution in [2.75, 3.05) is 33.4 Å². The number of nitrogens with one attached hydrogen (secondary N) is 1. The predicted octanol–water partition coefficient (Wildman–Crippen LogP) is 2.23. The molecular weight excluding hydrogens is 332 g/mol. The number of hydrogen-bond donors (Lipinski definition) is 1. The van der Waals surface area contributed by atoms with E-state index < -0.39 is 5.41 Å². The highest BCUT2D eigenvalue weighted by molar-refractivity contribution is 6.07. The lowest BCUT2D eigenvalue weighted by atomic mass is 9.96. The Kier molecular flexibility index (Phi) is 5.69. The Morgan fingerprint density at radius 1 is 1.15 bits per heavy atom. The monoisotopic (exact) mass is 360 g/mol. The van der Waals surface area contributed by atoms with Crippen LogP contribution in [-0.4, -0.2) is 50.1 Å². The Bertz CT molecular complexity index is 632. The molecule has 0 atom stereocenters. The van der Waals surface area contributed by atoms with Crippen molar-refractivity contribution in [1.29, 1.82) is 0 Å². The summed E-state index contributed by atoms with van der Waals surface area (Å²) in [5, 5.41) is 2.87. The summed E-state index contributed by atoms with van der Waals surface area (Å²) in [4.78, 5) is 27.2. The second kappa shape index (κ2) is 7.98. The third kappa shape index (κ3) is 4.11. The topological polar surface area (TPSA) is 67.9 Å². The van der Waals surface area contributed by atoms with Crippen molar-refractivity contribution in [3.63, 3.8) is 0 Å². The van der Waals surface area contributed by atoms with E-state index in [4.69, 9.17) is 9.47 Å². The molecule has 1 aromatic carbocycles. The summed E-state index contributed by atoms with van der Waals surface area (Å²) < 4.78 is 10.7. The van der Waals surface area contributed by atoms with Gasteiger partial charge in [0.05, 0.1) is 13.7 Å². The van der Waals surface area contributed by atoms with Crippen LogP contribution in [0, 0.1) is 11.3 Å². The lowest BCUT2D eigenvalue weighted by molar-refractivity contribution is -0.145. The van der Waals surface area contributed by atoms with Gasteiger partial charge in [0.25, 0.3) is 0 Å². The molecule has 2 aliphatic rings. The molecule has 2 fully saturated rings. The molecule has 1 saturated heterocycles. The maximum atomic E-state index is 12.8. The molecule has 0 unspecified atom stereocenters. The quantitative estimate of drug-likeness (QED) is 0.598. The number of rotatable bonds is 7. The lowest BCUT2D eigenvalue weighted by Crippen LogP contribution is -2.48. The zero-order valence-electron chi connectivity index (χ0n) is 15.6. The summed E-state index contributed by atoms with van der Waals surface area (Å²) in [5.41, 5.74) is -0.819. The highest BCUT2D eigenvalue weighted by Gasteiger charge is 2.57. The summed E-state index contributed by atoms with van der Waals surface area (Å²) in [7, 11) is 1.62. The summed E-state index contributed by atoms with van der Waals surface area (Å²) >= 11 is 0. The van der Waals surface area contributed by atoms with Crippen LogP contribution in [0.1, 0.15) is 32.6 Å². The third-order valence-corrected chi connectivity index (χ3v) is 5.38. The van der Waals surface area contributed by atoms with Crippen molar-refractivity contribution in [2.45, 2.75) is 32.6 Å². The van der Waals surface area contributed by atoms with Gasteiger partial charge in [-0.05, 0) is 55.9 Å². The molecule has 142 valence electrons. The Hall–Kier alpha value is -2.24. The van der Waals surface area contributed by atoms with Crippen LogP contribution in [0.4, 0.5) is 0 Å². The van der Waals surface area contributed by atoms with Crippen LogP contribution in [0.5, 0.6) is 11.5 Å². The lowest BCUT2D eigenvalue weighted by Gasteiger charge is -2.32. The minimum Gasteiger partial charge on any atom is -0.497 e. The minimum atomic E-state index is -0.819. The standard InChI is InChI=1S/C20H28N2O4/c1-15-7-12-22(13-8-15)19(24)20(9-10-20)18(23)21-11-14-26-17-5-3-16(25-2)4-6-17/h3-6,15H,7-14H2,1-2H3,(H,21,23). The number of ether oxygens (including phenoxy) is 2. The maximum absolute atomic E-state index is 12.8. The largest absolute Gasteiger partial charge is 0.497 e. The van der Waals surface area contributed by atoms with Gasteiger partial charge in [-0.15, -0.1) is 0 Å². The third-order valence-electron chi connectivity index (χ3n) is 5.38. The van der Waals surface area contributed by atoms with Crippen molar-refractivity contribution >= 4 is 11.8 Å². The predicted molar refractivity (Wildman–Crippen MR) is 98.1 cm³/mol. The van der Waals surface area contributed by atoms with Crippen LogP contribution >= 0.6 is 0 Å². The smallest absolute Gasteiger partial charge is 0.238 e. The number of nitrogens with zero attached hydrogens (tertiary/aromatic N) is 1. The second-order valence-corrected chi connectivity index (χ2v) is 7.34. The van der Waals surface area contributed by atoms with Crippen LogP contribution in [0.3, 0.4) is 0 Å². The molecule has 1 aromatic rings. The fourth-order valence-corrected chi connectivity index (χ4v) is 3.35. The number of piperidine rings is 1. The van der Waals surface area contributed by atoms with E-state index in [1.807, 2.05) is 29.2 Å². The van der Waals surface area contributed by atoms with Gasteiger partial charge >= 0.3 is 0 Å². The zero-order valence-corrected chi connectivity index (χ0v) is 15.6. The van der Waals surface area contributed by atoms with Gasteiger partial charge in [-0.3, -0.25) is 9.59 Å². The molecule has 0 spiro atoms. The molecule has 6 nitrogen and oxygen atoms in total. The molecule has 1 aliphatic heterocycles. The van der Waals surface area contributed by atoms with Gasteiger partial charge in [0.1, 0.15) is 23.5 Å². The number of methoxy groups -OCH3 is 1. The van der Waals surface area contributed by atoms with Gasteiger partial charge < -0.3 is 19.7 Å². The first kappa shape index (κ1) is 18.5. The summed E-state index contributed by atoms with van der Waals surface area (Å²) in [6.45, 7) is 4.51. The van der Waals surface area contributed by atoms with Crippen molar-refractivity contribution in [1.82, 2.24) is 10.2 Å². The fourth-order valence-electron chi connectivity index (χ4n) is 3.35. The van der Waals surface area contributed by atoms with E-state index in [2.05, 4.69) is 12.2 Å². The van der Waals surface area contributed by atoms with Gasteiger partial charge in [-0.2, -0.15) is 0 Å². The highest BCUT2D eigenvalue weighted by Crippen LogP contribution is 2.48. The SMILES string of the molecule is COc1ccc(OCCNC(=O)C2(C(=O)N3CCC(C)CC3)CC2)cc1. The zero-order chi connectivity index (χ0) is 18.6. The minimum absolute atomic E-state index is 0.0120. The number of benzene rings is 1. The van der Waals surface area contributed by atoms with Crippen molar-refractivity contribution in [3.05, 3.63) is 24.3 Å². The highest BCUT2D eigenvalue weighted by atomic mass is 16.5. The Morgan fingerprint density at radius 3 is 2.35 bits per heavy atom. The molecule has 6 heteroatoms. The fraction of sp³-hybridized carbons (Fsp3) is 0.600. The van der Waals surface area contributed by atoms with Gasteiger partial charge in [0.2, 0.25) is 11.8 Å². The molecular formula is C20H28N2O4. The average molecular weight is 360 g/mol. The van der Waals surface area contributed by atoms with Gasteiger partial charge in [0.15, 0.2) is 0 Å². The Morgan fingerprint density at radius 2 is 1.77 bits per heavy atom. The molecule has 2 amide bonds. The van der Waals surface area contributed by atoms with E-state index in [-0.39, 0.29) is 11.8 Å². The van der Waals surface area contributed by atoms with E-state index in [0.717, 1.165) is 37.4 Å². The van der Waals surface area contributed by atoms with Crippen LogP contribution < -0.4 is 14.8 Å². The van der Waals surface area contributed by atoms with E-state index in [1.54, 1.807) is 7.11 Å². The molecule has 3 rings (SSSR count). The number of hydrogen-bond acceptors (Lipinski definition) is 4. The van der Waals surface area contributed by atoms with Crippen LogP contribution in [0.2, 0.25) is 0 Å². The molecule has 0 radical (unpaired) electrons. The van der Waals surface area contributed by atoms with Gasteiger partial charge in [0, 0.05) is 13.1 Å². The van der Waals surface area contributed by atoms with E-state index >= 15 is 0 Å². The molecule has 0 aromatic heterocycles. The van der Waals surface area contributed by atoms with Crippen LogP contribution in [0.25, 0.3) is 0 Å².